The third-order valence-electron chi connectivity index (χ3n) is 6.18. The average Bonchev–Trinajstić information content (AvgIpc) is 3.04. The van der Waals surface area contributed by atoms with Gasteiger partial charge in [-0.15, -0.1) is 0 Å². The molecule has 3 rings (SSSR count). The van der Waals surface area contributed by atoms with Gasteiger partial charge in [-0.25, -0.2) is 4.79 Å². The number of ether oxygens (including phenoxy) is 5. The van der Waals surface area contributed by atoms with Crippen molar-refractivity contribution in [2.45, 2.75) is 81.8 Å². The van der Waals surface area contributed by atoms with E-state index in [0.717, 1.165) is 6.42 Å². The molecule has 0 aliphatic carbocycles. The lowest BCUT2D eigenvalue weighted by atomic mass is 9.99. The maximum absolute atomic E-state index is 12.2. The Hall–Kier alpha value is -1.15. The average molecular weight is 462 g/mol. The fraction of sp³-hybridized carbons (Fsp3) is 0.857. The molecule has 0 spiro atoms. The summed E-state index contributed by atoms with van der Waals surface area (Å²) in [4.78, 5) is 12.2. The van der Waals surface area contributed by atoms with Crippen LogP contribution in [0.3, 0.4) is 0 Å². The number of hydrogen-bond donors (Lipinski definition) is 5. The standard InChI is InChI=1S/C21H34O11/c1-11-4-3-5-12(2)18(26)30-9-21(27)10-31-20(17(21)25)29-8-13-14(22)15(23)16(24)19(32-13)28-7-6-11/h5,11,13-17,19-20,22-25,27H,3-4,6-10H2,1-2H3/b12-5+/t11-,13+,14+,15-,16+,17-,19+,20+,21+/m0/s1. The number of carbonyl (C=O) groups excluding carboxylic acids is 1. The van der Waals surface area contributed by atoms with E-state index >= 15 is 0 Å². The zero-order chi connectivity index (χ0) is 23.5. The monoisotopic (exact) mass is 462 g/mol. The van der Waals surface area contributed by atoms with Crippen molar-refractivity contribution < 1.29 is 54.0 Å². The fourth-order valence-electron chi connectivity index (χ4n) is 3.81. The Balaban J connectivity index is 1.73. The normalized spacial score (nSPS) is 46.8. The summed E-state index contributed by atoms with van der Waals surface area (Å²) in [6.45, 7) is 2.74. The number of aliphatic hydroxyl groups excluding tert-OH is 4. The molecule has 11 heteroatoms. The molecule has 0 aromatic rings. The van der Waals surface area contributed by atoms with Crippen molar-refractivity contribution in [3.63, 3.8) is 0 Å². The van der Waals surface area contributed by atoms with E-state index in [-0.39, 0.29) is 25.7 Å². The summed E-state index contributed by atoms with van der Waals surface area (Å²) in [5.74, 6) is -0.353. The van der Waals surface area contributed by atoms with Gasteiger partial charge < -0.3 is 49.2 Å². The molecule has 32 heavy (non-hydrogen) atoms. The van der Waals surface area contributed by atoms with Crippen LogP contribution in [0.2, 0.25) is 0 Å². The Morgan fingerprint density at radius 2 is 1.72 bits per heavy atom. The second-order valence-corrected chi connectivity index (χ2v) is 8.88. The summed E-state index contributed by atoms with van der Waals surface area (Å²) in [6.07, 6.45) is -5.69. The quantitative estimate of drug-likeness (QED) is 0.269. The number of aliphatic hydroxyl groups is 5. The van der Waals surface area contributed by atoms with Crippen LogP contribution in [-0.4, -0.2) is 107 Å². The second kappa shape index (κ2) is 10.9. The highest BCUT2D eigenvalue weighted by molar-refractivity contribution is 5.87. The van der Waals surface area contributed by atoms with Crippen LogP contribution in [0, 0.1) is 5.92 Å². The van der Waals surface area contributed by atoms with Gasteiger partial charge in [0.2, 0.25) is 0 Å². The van der Waals surface area contributed by atoms with E-state index in [1.165, 1.54) is 0 Å². The van der Waals surface area contributed by atoms with Crippen LogP contribution < -0.4 is 0 Å². The SMILES string of the molecule is C/C1=C\CC[C@H](C)CCO[C@@H]2O[C@H](CO[C@@H]3OC[C@](O)(COC1=O)[C@H]3O)[C@@H](O)[C@H](O)[C@H]2O. The molecule has 2 saturated heterocycles. The molecule has 11 nitrogen and oxygen atoms in total. The third kappa shape index (κ3) is 5.85. The molecule has 0 amide bonds. The number of rotatable bonds is 0. The molecule has 0 radical (unpaired) electrons. The minimum absolute atomic E-state index is 0.247. The number of cyclic esters (lactones) is 1. The molecule has 184 valence electrons. The molecule has 3 aliphatic heterocycles. The van der Waals surface area contributed by atoms with E-state index < -0.39 is 61.3 Å². The Morgan fingerprint density at radius 3 is 2.47 bits per heavy atom. The fourth-order valence-corrected chi connectivity index (χ4v) is 3.81. The predicted molar refractivity (Wildman–Crippen MR) is 107 cm³/mol. The van der Waals surface area contributed by atoms with Crippen LogP contribution in [-0.2, 0) is 28.5 Å². The van der Waals surface area contributed by atoms with Crippen molar-refractivity contribution in [2.75, 3.05) is 26.4 Å². The lowest BCUT2D eigenvalue weighted by Crippen LogP contribution is -2.59. The molecule has 9 atom stereocenters. The van der Waals surface area contributed by atoms with E-state index in [1.54, 1.807) is 13.0 Å². The second-order valence-electron chi connectivity index (χ2n) is 8.88. The van der Waals surface area contributed by atoms with E-state index in [0.29, 0.717) is 18.4 Å². The molecular weight excluding hydrogens is 428 g/mol. The van der Waals surface area contributed by atoms with Gasteiger partial charge in [-0.2, -0.15) is 0 Å². The topological polar surface area (TPSA) is 164 Å². The van der Waals surface area contributed by atoms with Crippen LogP contribution >= 0.6 is 0 Å². The third-order valence-corrected chi connectivity index (χ3v) is 6.18. The lowest BCUT2D eigenvalue weighted by Gasteiger charge is -2.40. The number of esters is 1. The minimum Gasteiger partial charge on any atom is -0.459 e. The van der Waals surface area contributed by atoms with E-state index in [1.807, 2.05) is 6.92 Å². The summed E-state index contributed by atoms with van der Waals surface area (Å²) < 4.78 is 27.1. The molecule has 0 aromatic heterocycles. The Morgan fingerprint density at radius 1 is 0.969 bits per heavy atom. The highest BCUT2D eigenvalue weighted by Crippen LogP contribution is 2.29. The van der Waals surface area contributed by atoms with Gasteiger partial charge in [0.1, 0.15) is 37.1 Å². The summed E-state index contributed by atoms with van der Waals surface area (Å²) >= 11 is 0. The highest BCUT2D eigenvalue weighted by atomic mass is 16.7. The van der Waals surface area contributed by atoms with E-state index in [9.17, 15) is 30.3 Å². The Kier molecular flexibility index (Phi) is 8.64. The number of carbonyl (C=O) groups is 1. The maximum atomic E-state index is 12.2. The van der Waals surface area contributed by atoms with Crippen molar-refractivity contribution in [3.05, 3.63) is 11.6 Å². The van der Waals surface area contributed by atoms with Crippen LogP contribution in [0.1, 0.15) is 33.1 Å². The maximum Gasteiger partial charge on any atom is 0.333 e. The largest absolute Gasteiger partial charge is 0.459 e. The van der Waals surface area contributed by atoms with Gasteiger partial charge in [0, 0.05) is 5.57 Å². The number of hydrogen-bond acceptors (Lipinski definition) is 11. The van der Waals surface area contributed by atoms with Gasteiger partial charge in [-0.05, 0) is 32.1 Å². The molecule has 0 aromatic carbocycles. The van der Waals surface area contributed by atoms with Crippen LogP contribution in [0.4, 0.5) is 0 Å². The van der Waals surface area contributed by atoms with Crippen molar-refractivity contribution in [3.8, 4) is 0 Å². The predicted octanol–water partition coefficient (Wildman–Crippen LogP) is -1.41. The summed E-state index contributed by atoms with van der Waals surface area (Å²) in [5.41, 5.74) is -1.48. The smallest absolute Gasteiger partial charge is 0.333 e. The molecule has 0 saturated carbocycles. The van der Waals surface area contributed by atoms with Gasteiger partial charge >= 0.3 is 5.97 Å². The van der Waals surface area contributed by atoms with Crippen molar-refractivity contribution in [1.29, 1.82) is 0 Å². The van der Waals surface area contributed by atoms with E-state index in [4.69, 9.17) is 23.7 Å². The minimum atomic E-state index is -1.87. The number of fused-ring (bicyclic) bond motifs is 4. The van der Waals surface area contributed by atoms with Crippen LogP contribution in [0.5, 0.6) is 0 Å². The zero-order valence-electron chi connectivity index (χ0n) is 18.3. The molecule has 3 aliphatic rings. The highest BCUT2D eigenvalue weighted by Gasteiger charge is 2.51. The van der Waals surface area contributed by atoms with Gasteiger partial charge in [-0.1, -0.05) is 13.0 Å². The zero-order valence-corrected chi connectivity index (χ0v) is 18.3. The first-order valence-electron chi connectivity index (χ1n) is 10.9. The van der Waals surface area contributed by atoms with Crippen molar-refractivity contribution in [1.82, 2.24) is 0 Å². The molecule has 5 N–H and O–H groups in total. The summed E-state index contributed by atoms with van der Waals surface area (Å²) in [5, 5.41) is 51.7. The molecule has 0 unspecified atom stereocenters. The Bertz CT molecular complexity index is 670. The molecule has 4 bridgehead atoms. The van der Waals surface area contributed by atoms with Gasteiger partial charge in [0.05, 0.1) is 19.8 Å². The first kappa shape index (κ1) is 25.5. The Labute approximate surface area is 186 Å². The van der Waals surface area contributed by atoms with E-state index in [2.05, 4.69) is 0 Å². The van der Waals surface area contributed by atoms with Crippen molar-refractivity contribution in [2.24, 2.45) is 5.92 Å². The summed E-state index contributed by atoms with van der Waals surface area (Å²) in [7, 11) is 0. The molecule has 2 fully saturated rings. The first-order chi connectivity index (χ1) is 15.1. The van der Waals surface area contributed by atoms with Crippen molar-refractivity contribution >= 4 is 5.97 Å². The summed E-state index contributed by atoms with van der Waals surface area (Å²) in [6, 6.07) is 0. The number of allylic oxidation sites excluding steroid dienone is 1. The van der Waals surface area contributed by atoms with Crippen LogP contribution in [0.15, 0.2) is 11.6 Å². The van der Waals surface area contributed by atoms with Gasteiger partial charge in [-0.3, -0.25) is 0 Å². The van der Waals surface area contributed by atoms with Crippen LogP contribution in [0.25, 0.3) is 0 Å². The molecular formula is C21H34O11. The lowest BCUT2D eigenvalue weighted by molar-refractivity contribution is -0.310. The van der Waals surface area contributed by atoms with Gasteiger partial charge in [0.25, 0.3) is 0 Å². The molecule has 3 heterocycles. The first-order valence-corrected chi connectivity index (χ1v) is 10.9. The van der Waals surface area contributed by atoms with Gasteiger partial charge in [0.15, 0.2) is 18.2 Å².